The third kappa shape index (κ3) is 4.04. The van der Waals surface area contributed by atoms with E-state index in [1.54, 1.807) is 36.4 Å². The molecule has 34 heavy (non-hydrogen) atoms. The molecular weight excluding hydrogens is 470 g/mol. The second kappa shape index (κ2) is 8.93. The monoisotopic (exact) mass is 489 g/mol. The first kappa shape index (κ1) is 22.1. The summed E-state index contributed by atoms with van der Waals surface area (Å²) in [5, 5.41) is 4.80. The van der Waals surface area contributed by atoms with Crippen LogP contribution in [-0.2, 0) is 17.2 Å². The molecule has 5 rings (SSSR count). The van der Waals surface area contributed by atoms with Crippen LogP contribution in [0.4, 0.5) is 5.69 Å². The zero-order valence-electron chi connectivity index (χ0n) is 18.2. The summed E-state index contributed by atoms with van der Waals surface area (Å²) in [6.45, 7) is 2.47. The Labute approximate surface area is 202 Å². The number of hydrogen-bond acceptors (Lipinski definition) is 4. The minimum atomic E-state index is -2.91. The minimum absolute atomic E-state index is 0.0994. The van der Waals surface area contributed by atoms with Gasteiger partial charge in [0.2, 0.25) is 0 Å². The molecule has 5 aromatic rings. The summed E-state index contributed by atoms with van der Waals surface area (Å²) in [5.41, 5.74) is 3.16. The van der Waals surface area contributed by atoms with E-state index >= 15 is 0 Å². The molecule has 1 amide bonds. The number of aromatic nitrogens is 2. The standard InChI is InChI=1S/C26H20ClN3O3S/c1-16-28-23-14-18(11-13-24(23)30(16)15-19-7-3-5-9-21(19)27)26(31)29-22-12-10-17-6-2-4-8-20(17)25(22)34(32)33/h2-14,34H,15H2,1H3,(H,29,31). The van der Waals surface area contributed by atoms with E-state index in [1.807, 2.05) is 54.0 Å². The van der Waals surface area contributed by atoms with Gasteiger partial charge < -0.3 is 9.88 Å². The fourth-order valence-electron chi connectivity index (χ4n) is 4.14. The summed E-state index contributed by atoms with van der Waals surface area (Å²) >= 11 is 6.33. The number of anilines is 1. The lowest BCUT2D eigenvalue weighted by atomic mass is 10.1. The summed E-state index contributed by atoms with van der Waals surface area (Å²) in [7, 11) is -2.91. The van der Waals surface area contributed by atoms with E-state index in [4.69, 9.17) is 11.6 Å². The van der Waals surface area contributed by atoms with Crippen molar-refractivity contribution in [3.05, 3.63) is 101 Å². The highest BCUT2D eigenvalue weighted by molar-refractivity contribution is 7.73. The molecule has 0 aliphatic heterocycles. The van der Waals surface area contributed by atoms with Crippen molar-refractivity contribution >= 4 is 55.7 Å². The van der Waals surface area contributed by atoms with Gasteiger partial charge >= 0.3 is 0 Å². The highest BCUT2D eigenvalue weighted by atomic mass is 35.5. The van der Waals surface area contributed by atoms with Crippen molar-refractivity contribution < 1.29 is 13.2 Å². The van der Waals surface area contributed by atoms with Gasteiger partial charge in [-0.1, -0.05) is 60.1 Å². The Balaban J connectivity index is 1.48. The van der Waals surface area contributed by atoms with Crippen LogP contribution in [0.1, 0.15) is 21.7 Å². The number of hydrogen-bond donors (Lipinski definition) is 2. The van der Waals surface area contributed by atoms with Gasteiger partial charge in [0.1, 0.15) is 5.82 Å². The molecule has 0 fully saturated rings. The molecule has 0 saturated carbocycles. The van der Waals surface area contributed by atoms with Crippen LogP contribution in [0.3, 0.4) is 0 Å². The van der Waals surface area contributed by atoms with Crippen LogP contribution in [-0.4, -0.2) is 23.9 Å². The summed E-state index contributed by atoms with van der Waals surface area (Å²) in [5.74, 6) is 0.390. The zero-order valence-corrected chi connectivity index (χ0v) is 19.8. The van der Waals surface area contributed by atoms with E-state index in [0.29, 0.717) is 28.0 Å². The molecular formula is C26H20ClN3O3S. The van der Waals surface area contributed by atoms with Gasteiger partial charge in [0.15, 0.2) is 10.7 Å². The minimum Gasteiger partial charge on any atom is -0.324 e. The molecule has 170 valence electrons. The lowest BCUT2D eigenvalue weighted by Crippen LogP contribution is -2.13. The quantitative estimate of drug-likeness (QED) is 0.323. The predicted octanol–water partition coefficient (Wildman–Crippen LogP) is 5.42. The van der Waals surface area contributed by atoms with Crippen molar-refractivity contribution in [2.45, 2.75) is 18.4 Å². The highest BCUT2D eigenvalue weighted by Crippen LogP contribution is 2.28. The van der Waals surface area contributed by atoms with E-state index in [1.165, 1.54) is 0 Å². The van der Waals surface area contributed by atoms with Crippen LogP contribution in [0.15, 0.2) is 83.8 Å². The molecule has 1 N–H and O–H groups in total. The van der Waals surface area contributed by atoms with Crippen molar-refractivity contribution in [1.29, 1.82) is 0 Å². The van der Waals surface area contributed by atoms with Gasteiger partial charge in [-0.3, -0.25) is 4.79 Å². The number of aryl methyl sites for hydroxylation is 1. The number of carbonyl (C=O) groups excluding carboxylic acids is 1. The molecule has 8 heteroatoms. The van der Waals surface area contributed by atoms with Crippen molar-refractivity contribution in [1.82, 2.24) is 9.55 Å². The molecule has 0 bridgehead atoms. The number of halogens is 1. The van der Waals surface area contributed by atoms with E-state index in [0.717, 1.165) is 22.3 Å². The van der Waals surface area contributed by atoms with Crippen LogP contribution in [0, 0.1) is 6.92 Å². The van der Waals surface area contributed by atoms with Crippen molar-refractivity contribution in [2.75, 3.05) is 5.32 Å². The molecule has 1 heterocycles. The molecule has 0 spiro atoms. The number of benzene rings is 4. The van der Waals surface area contributed by atoms with Gasteiger partial charge in [0, 0.05) is 16.0 Å². The summed E-state index contributed by atoms with van der Waals surface area (Å²) < 4.78 is 26.1. The first-order chi connectivity index (χ1) is 16.4. The van der Waals surface area contributed by atoms with Crippen LogP contribution in [0.5, 0.6) is 0 Å². The van der Waals surface area contributed by atoms with Crippen molar-refractivity contribution in [2.24, 2.45) is 0 Å². The number of rotatable bonds is 5. The Morgan fingerprint density at radius 2 is 1.76 bits per heavy atom. The smallest absolute Gasteiger partial charge is 0.255 e. The summed E-state index contributed by atoms with van der Waals surface area (Å²) in [6, 6.07) is 23.5. The van der Waals surface area contributed by atoms with Crippen LogP contribution >= 0.6 is 11.6 Å². The van der Waals surface area contributed by atoms with E-state index in [9.17, 15) is 13.2 Å². The van der Waals surface area contributed by atoms with Gasteiger partial charge in [-0.05, 0) is 48.2 Å². The fourth-order valence-corrected chi connectivity index (χ4v) is 5.06. The molecule has 0 aliphatic rings. The Morgan fingerprint density at radius 3 is 2.56 bits per heavy atom. The summed E-state index contributed by atoms with van der Waals surface area (Å²) in [4.78, 5) is 17.8. The van der Waals surface area contributed by atoms with Gasteiger partial charge in [0.25, 0.3) is 5.91 Å². The number of thiol groups is 1. The Morgan fingerprint density at radius 1 is 1.00 bits per heavy atom. The number of fused-ring (bicyclic) bond motifs is 2. The number of nitrogens with one attached hydrogen (secondary N) is 1. The lowest BCUT2D eigenvalue weighted by Gasteiger charge is -2.11. The molecule has 0 saturated heterocycles. The average Bonchev–Trinajstić information content (AvgIpc) is 3.14. The SMILES string of the molecule is Cc1nc2cc(C(=O)Nc3ccc4ccccc4c3[SH](=O)=O)ccc2n1Cc1ccccc1Cl. The van der Waals surface area contributed by atoms with Crippen LogP contribution in [0.25, 0.3) is 21.8 Å². The second-order valence-electron chi connectivity index (χ2n) is 7.93. The molecule has 4 aromatic carbocycles. The maximum atomic E-state index is 13.0. The summed E-state index contributed by atoms with van der Waals surface area (Å²) in [6.07, 6.45) is 0. The van der Waals surface area contributed by atoms with E-state index in [-0.39, 0.29) is 10.6 Å². The van der Waals surface area contributed by atoms with Crippen molar-refractivity contribution in [3.8, 4) is 0 Å². The molecule has 0 radical (unpaired) electrons. The maximum absolute atomic E-state index is 13.0. The first-order valence-electron chi connectivity index (χ1n) is 10.6. The molecule has 0 aliphatic carbocycles. The first-order valence-corrected chi connectivity index (χ1v) is 12.2. The largest absolute Gasteiger partial charge is 0.324 e. The number of amides is 1. The van der Waals surface area contributed by atoms with Gasteiger partial charge in [-0.2, -0.15) is 0 Å². The van der Waals surface area contributed by atoms with Gasteiger partial charge in [-0.15, -0.1) is 0 Å². The van der Waals surface area contributed by atoms with Crippen LogP contribution in [0.2, 0.25) is 5.02 Å². The normalized spacial score (nSPS) is 11.4. The van der Waals surface area contributed by atoms with Crippen LogP contribution < -0.4 is 5.32 Å². The molecule has 0 atom stereocenters. The highest BCUT2D eigenvalue weighted by Gasteiger charge is 2.16. The maximum Gasteiger partial charge on any atom is 0.255 e. The number of imidazole rings is 1. The number of nitrogens with zero attached hydrogens (tertiary/aromatic N) is 2. The molecule has 1 aromatic heterocycles. The van der Waals surface area contributed by atoms with Gasteiger partial charge in [0.05, 0.1) is 28.2 Å². The average molecular weight is 490 g/mol. The van der Waals surface area contributed by atoms with E-state index in [2.05, 4.69) is 10.3 Å². The topological polar surface area (TPSA) is 81.1 Å². The number of carbonyl (C=O) groups is 1. The fraction of sp³-hybridized carbons (Fsp3) is 0.0769. The lowest BCUT2D eigenvalue weighted by molar-refractivity contribution is 0.102. The second-order valence-corrected chi connectivity index (χ2v) is 9.30. The third-order valence-electron chi connectivity index (χ3n) is 5.82. The Hall–Kier alpha value is -3.68. The predicted molar refractivity (Wildman–Crippen MR) is 136 cm³/mol. The molecule has 6 nitrogen and oxygen atoms in total. The van der Waals surface area contributed by atoms with E-state index < -0.39 is 16.6 Å². The molecule has 0 unspecified atom stereocenters. The Bertz CT molecular complexity index is 1650. The van der Waals surface area contributed by atoms with Gasteiger partial charge in [-0.25, -0.2) is 13.4 Å². The third-order valence-corrected chi connectivity index (χ3v) is 7.03. The zero-order chi connectivity index (χ0) is 23.8. The van der Waals surface area contributed by atoms with Crippen molar-refractivity contribution in [3.63, 3.8) is 0 Å². The Kier molecular flexibility index (Phi) is 5.81.